The highest BCUT2D eigenvalue weighted by atomic mass is 31.0. The van der Waals surface area contributed by atoms with Gasteiger partial charge in [-0.2, -0.15) is 9.12 Å². The molecule has 0 aromatic heterocycles. The normalized spacial score (nSPS) is 42.8. The lowest BCUT2D eigenvalue weighted by Gasteiger charge is -2.32. The number of hydrogen-bond acceptors (Lipinski definition) is 4. The minimum atomic E-state index is -0.540. The van der Waals surface area contributed by atoms with Crippen LogP contribution in [0.15, 0.2) is 0 Å². The van der Waals surface area contributed by atoms with Gasteiger partial charge in [0.2, 0.25) is 0 Å². The van der Waals surface area contributed by atoms with E-state index in [4.69, 9.17) is 18.9 Å². The molecule has 1 aliphatic rings. The quantitative estimate of drug-likeness (QED) is 0.552. The van der Waals surface area contributed by atoms with Crippen molar-refractivity contribution < 1.29 is 18.9 Å². The van der Waals surface area contributed by atoms with Crippen LogP contribution in [0.25, 0.3) is 0 Å². The molecule has 0 amide bonds. The van der Waals surface area contributed by atoms with Crippen molar-refractivity contribution in [3.05, 3.63) is 0 Å². The van der Waals surface area contributed by atoms with Gasteiger partial charge in [-0.1, -0.05) is 0 Å². The Kier molecular flexibility index (Phi) is 5.21. The van der Waals surface area contributed by atoms with Crippen molar-refractivity contribution in [2.45, 2.75) is 30.7 Å². The van der Waals surface area contributed by atoms with Crippen molar-refractivity contribution in [2.75, 3.05) is 6.61 Å². The van der Waals surface area contributed by atoms with E-state index in [1.807, 2.05) is 6.92 Å². The van der Waals surface area contributed by atoms with E-state index < -0.39 is 5.60 Å². The summed E-state index contributed by atoms with van der Waals surface area (Å²) in [6.07, 6.45) is -0.607. The van der Waals surface area contributed by atoms with E-state index in [0.717, 1.165) is 7.00 Å². The maximum atomic E-state index is 9.13. The SMILES string of the molecule is C[C@]1(OP)[C@H](BP)O[C@H](CO)[C@H]1OP. The zero-order chi connectivity index (χ0) is 10.8. The zero-order valence-corrected chi connectivity index (χ0v) is 11.5. The molecule has 3 unspecified atom stereocenters. The molecular formula is C6H16BO4P3. The van der Waals surface area contributed by atoms with Crippen LogP contribution in [0.3, 0.4) is 0 Å². The van der Waals surface area contributed by atoms with Crippen molar-refractivity contribution in [1.29, 1.82) is 0 Å². The topological polar surface area (TPSA) is 47.9 Å². The molecule has 1 N–H and O–H groups in total. The zero-order valence-electron chi connectivity index (χ0n) is 8.05. The third-order valence-electron chi connectivity index (χ3n) is 2.68. The third kappa shape index (κ3) is 2.15. The smallest absolute Gasteiger partial charge is 0.184 e. The number of rotatable bonds is 4. The molecule has 1 heterocycles. The molecule has 0 saturated carbocycles. The molecule has 0 spiro atoms. The summed E-state index contributed by atoms with van der Waals surface area (Å²) < 4.78 is 16.2. The first-order valence-corrected chi connectivity index (χ1v) is 6.09. The lowest BCUT2D eigenvalue weighted by atomic mass is 9.81. The Bertz CT molecular complexity index is 198. The molecule has 0 aromatic carbocycles. The second-order valence-electron chi connectivity index (χ2n) is 3.44. The molecule has 1 aliphatic heterocycles. The number of ether oxygens (including phenoxy) is 1. The van der Waals surface area contributed by atoms with Gasteiger partial charge in [0.05, 0.1) is 12.6 Å². The fraction of sp³-hybridized carbons (Fsp3) is 1.00. The Balaban J connectivity index is 2.86. The Morgan fingerprint density at radius 2 is 2.21 bits per heavy atom. The molecule has 1 saturated heterocycles. The van der Waals surface area contributed by atoms with E-state index in [1.54, 1.807) is 0 Å². The highest BCUT2D eigenvalue weighted by Crippen LogP contribution is 2.38. The lowest BCUT2D eigenvalue weighted by Crippen LogP contribution is -2.48. The van der Waals surface area contributed by atoms with Crippen LogP contribution in [0.5, 0.6) is 0 Å². The Morgan fingerprint density at radius 3 is 2.57 bits per heavy atom. The van der Waals surface area contributed by atoms with Crippen LogP contribution in [-0.2, 0) is 13.8 Å². The van der Waals surface area contributed by atoms with Crippen molar-refractivity contribution in [1.82, 2.24) is 0 Å². The summed E-state index contributed by atoms with van der Waals surface area (Å²) in [4.78, 5) is 0. The predicted molar refractivity (Wildman–Crippen MR) is 66.4 cm³/mol. The standard InChI is InChI=1S/C6H16BO4P3/c1-6(11-14)4(10-13)3(2-8)9-5(6)7-12/h3-5,7-8H,2,12-14H2,1H3/t3-,4-,5-,6-/m1/s1. The van der Waals surface area contributed by atoms with Gasteiger partial charge in [-0.25, -0.2) is 0 Å². The summed E-state index contributed by atoms with van der Waals surface area (Å²) in [5.74, 6) is 0. The van der Waals surface area contributed by atoms with Gasteiger partial charge in [-0.05, 0) is 6.92 Å². The van der Waals surface area contributed by atoms with Crippen LogP contribution in [0.1, 0.15) is 6.92 Å². The van der Waals surface area contributed by atoms with Gasteiger partial charge in [0.25, 0.3) is 0 Å². The first-order chi connectivity index (χ1) is 6.63. The summed E-state index contributed by atoms with van der Waals surface area (Å²) in [7, 11) is 7.04. The van der Waals surface area contributed by atoms with E-state index in [2.05, 4.69) is 28.1 Å². The van der Waals surface area contributed by atoms with Crippen LogP contribution in [0.4, 0.5) is 0 Å². The Hall–Kier alpha value is 1.19. The lowest BCUT2D eigenvalue weighted by molar-refractivity contribution is 0.00360. The van der Waals surface area contributed by atoms with Crippen LogP contribution in [0.2, 0.25) is 0 Å². The fourth-order valence-electron chi connectivity index (χ4n) is 1.76. The fourth-order valence-corrected chi connectivity index (χ4v) is 3.07. The molecule has 0 bridgehead atoms. The number of aliphatic hydroxyl groups excluding tert-OH is 1. The molecule has 0 aromatic rings. The highest BCUT2D eigenvalue weighted by Gasteiger charge is 2.53. The van der Waals surface area contributed by atoms with E-state index >= 15 is 0 Å². The van der Waals surface area contributed by atoms with Crippen molar-refractivity contribution in [3.8, 4) is 0 Å². The molecule has 7 atom stereocenters. The largest absolute Gasteiger partial charge is 0.394 e. The summed E-state index contributed by atoms with van der Waals surface area (Å²) >= 11 is 0. The van der Waals surface area contributed by atoms with Crippen LogP contribution >= 0.6 is 28.1 Å². The van der Waals surface area contributed by atoms with E-state index in [9.17, 15) is 0 Å². The van der Waals surface area contributed by atoms with Gasteiger partial charge < -0.3 is 18.9 Å². The summed E-state index contributed by atoms with van der Waals surface area (Å²) in [5.41, 5.74) is -0.540. The van der Waals surface area contributed by atoms with Crippen LogP contribution < -0.4 is 0 Å². The van der Waals surface area contributed by atoms with E-state index in [0.29, 0.717) is 0 Å². The number of aliphatic hydroxyl groups is 1. The third-order valence-corrected chi connectivity index (χ3v) is 3.90. The van der Waals surface area contributed by atoms with Gasteiger partial charge in [0, 0.05) is 18.9 Å². The summed E-state index contributed by atoms with van der Waals surface area (Å²) in [6, 6.07) is -0.0901. The van der Waals surface area contributed by atoms with E-state index in [1.165, 1.54) is 0 Å². The molecule has 0 radical (unpaired) electrons. The van der Waals surface area contributed by atoms with E-state index in [-0.39, 0.29) is 24.8 Å². The minimum Gasteiger partial charge on any atom is -0.394 e. The van der Waals surface area contributed by atoms with Crippen LogP contribution in [0, 0.1) is 0 Å². The molecule has 82 valence electrons. The summed E-state index contributed by atoms with van der Waals surface area (Å²) in [6.45, 7) is 2.59. The van der Waals surface area contributed by atoms with Gasteiger partial charge >= 0.3 is 0 Å². The van der Waals surface area contributed by atoms with Crippen molar-refractivity contribution >= 4 is 35.1 Å². The Labute approximate surface area is 91.8 Å². The molecule has 0 aliphatic carbocycles. The second kappa shape index (κ2) is 5.50. The van der Waals surface area contributed by atoms with Crippen molar-refractivity contribution in [3.63, 3.8) is 0 Å². The molecule has 1 fully saturated rings. The maximum absolute atomic E-state index is 9.13. The van der Waals surface area contributed by atoms with Crippen LogP contribution in [-0.4, -0.2) is 42.5 Å². The highest BCUT2D eigenvalue weighted by molar-refractivity contribution is 7.56. The van der Waals surface area contributed by atoms with Gasteiger partial charge in [-0.3, -0.25) is 0 Å². The minimum absolute atomic E-state index is 0.0656. The number of hydrogen-bond donors (Lipinski definition) is 1. The maximum Gasteiger partial charge on any atom is 0.184 e. The molecule has 14 heavy (non-hydrogen) atoms. The molecular weight excluding hydrogens is 240 g/mol. The Morgan fingerprint density at radius 1 is 1.57 bits per heavy atom. The molecule has 8 heteroatoms. The van der Waals surface area contributed by atoms with Gasteiger partial charge in [0.1, 0.15) is 17.8 Å². The summed E-state index contributed by atoms with van der Waals surface area (Å²) in [5, 5.41) is 9.13. The molecule has 4 nitrogen and oxygen atoms in total. The first-order valence-electron chi connectivity index (χ1n) is 4.33. The van der Waals surface area contributed by atoms with Gasteiger partial charge in [0.15, 0.2) is 7.00 Å². The molecule has 1 rings (SSSR count). The first kappa shape index (κ1) is 13.3. The average molecular weight is 256 g/mol. The predicted octanol–water partition coefficient (Wildman–Crippen LogP) is -0.329. The monoisotopic (exact) mass is 256 g/mol. The average Bonchev–Trinajstić information content (AvgIpc) is 2.50. The van der Waals surface area contributed by atoms with Crippen molar-refractivity contribution in [2.24, 2.45) is 0 Å². The van der Waals surface area contributed by atoms with Gasteiger partial charge in [-0.15, -0.1) is 0 Å². The second-order valence-corrected chi connectivity index (χ2v) is 4.42.